The molecule has 0 amide bonds. The van der Waals surface area contributed by atoms with Crippen molar-refractivity contribution in [3.05, 3.63) is 64.9 Å². The summed E-state index contributed by atoms with van der Waals surface area (Å²) in [7, 11) is -2.13. The minimum Gasteiger partial charge on any atom is -0.264 e. The fourth-order valence-electron chi connectivity index (χ4n) is 3.86. The molecule has 1 atom stereocenters. The number of rotatable bonds is 4. The van der Waals surface area contributed by atoms with Gasteiger partial charge < -0.3 is 0 Å². The van der Waals surface area contributed by atoms with Gasteiger partial charge in [0.05, 0.1) is 12.3 Å². The number of pyridine rings is 1. The van der Waals surface area contributed by atoms with Crippen molar-refractivity contribution in [2.75, 3.05) is 26.7 Å². The summed E-state index contributed by atoms with van der Waals surface area (Å²) in [6.07, 6.45) is 6.31. The van der Waals surface area contributed by atoms with Crippen LogP contribution in [0.5, 0.6) is 0 Å². The lowest BCUT2D eigenvalue weighted by Gasteiger charge is -2.27. The lowest BCUT2D eigenvalue weighted by atomic mass is 9.92. The lowest BCUT2D eigenvalue weighted by molar-refractivity contribution is 0.343. The van der Waals surface area contributed by atoms with Gasteiger partial charge >= 0.3 is 10.2 Å². The van der Waals surface area contributed by atoms with Crippen molar-refractivity contribution in [3.63, 3.8) is 0 Å². The highest BCUT2D eigenvalue weighted by Crippen LogP contribution is 2.29. The van der Waals surface area contributed by atoms with Gasteiger partial charge in [-0.2, -0.15) is 17.8 Å². The first-order chi connectivity index (χ1) is 15.0. The topological polar surface area (TPSA) is 90.3 Å². The molecule has 0 saturated carbocycles. The second-order valence-electron chi connectivity index (χ2n) is 7.53. The van der Waals surface area contributed by atoms with Crippen LogP contribution in [0.4, 0.5) is 0 Å². The number of hydrazone groups is 1. The van der Waals surface area contributed by atoms with Crippen LogP contribution >= 0.6 is 11.6 Å². The van der Waals surface area contributed by atoms with Gasteiger partial charge in [0.25, 0.3) is 0 Å². The molecule has 2 aliphatic heterocycles. The summed E-state index contributed by atoms with van der Waals surface area (Å²) in [6, 6.07) is 11.3. The first-order valence-electron chi connectivity index (χ1n) is 10.2. The van der Waals surface area contributed by atoms with Crippen molar-refractivity contribution >= 4 is 33.5 Å². The van der Waals surface area contributed by atoms with Crippen LogP contribution in [0.2, 0.25) is 5.02 Å². The summed E-state index contributed by atoms with van der Waals surface area (Å²) in [6.45, 7) is 1.48. The Morgan fingerprint density at radius 2 is 1.90 bits per heavy atom. The number of hydrogen-bond donors (Lipinski definition) is 1. The summed E-state index contributed by atoms with van der Waals surface area (Å²) >= 11 is 6.06. The minimum atomic E-state index is -3.69. The van der Waals surface area contributed by atoms with E-state index < -0.39 is 10.2 Å². The van der Waals surface area contributed by atoms with E-state index in [4.69, 9.17) is 16.7 Å². The third kappa shape index (κ3) is 4.89. The van der Waals surface area contributed by atoms with E-state index in [1.54, 1.807) is 24.5 Å². The summed E-state index contributed by atoms with van der Waals surface area (Å²) in [5.41, 5.74) is 2.71. The maximum atomic E-state index is 12.9. The number of piperidine rings is 1. The SMILES string of the molecule is CN=C(NS(=O)(=O)N1CCCCC1)N1CC(c2cccnc2)C(c2ccc(Cl)cc2)=N1. The van der Waals surface area contributed by atoms with Crippen molar-refractivity contribution in [1.82, 2.24) is 19.0 Å². The van der Waals surface area contributed by atoms with E-state index in [2.05, 4.69) is 14.7 Å². The van der Waals surface area contributed by atoms with Crippen LogP contribution in [0, 0.1) is 0 Å². The van der Waals surface area contributed by atoms with Gasteiger partial charge in [-0.25, -0.2) is 9.73 Å². The Kier molecular flexibility index (Phi) is 6.54. The van der Waals surface area contributed by atoms with Gasteiger partial charge in [-0.05, 0) is 42.2 Å². The Labute approximate surface area is 187 Å². The van der Waals surface area contributed by atoms with Crippen molar-refractivity contribution < 1.29 is 8.42 Å². The average molecular weight is 461 g/mol. The molecule has 4 rings (SSSR count). The van der Waals surface area contributed by atoms with Gasteiger partial charge in [0.15, 0.2) is 0 Å². The molecule has 10 heteroatoms. The van der Waals surface area contributed by atoms with Gasteiger partial charge in [-0.3, -0.25) is 9.98 Å². The first kappa shape index (κ1) is 21.7. The predicted octanol–water partition coefficient (Wildman–Crippen LogP) is 2.84. The Morgan fingerprint density at radius 3 is 2.55 bits per heavy atom. The molecular formula is C21H25ClN6O2S. The standard InChI is InChI=1S/C21H25ClN6O2S/c1-23-21(26-31(29,30)27-12-3-2-4-13-27)28-15-19(17-6-5-11-24-14-17)20(25-28)16-7-9-18(22)10-8-16/h5-11,14,19H,2-4,12-13,15H2,1H3,(H,23,26). The molecule has 0 bridgehead atoms. The fourth-order valence-corrected chi connectivity index (χ4v) is 5.28. The third-order valence-electron chi connectivity index (χ3n) is 5.47. The summed E-state index contributed by atoms with van der Waals surface area (Å²) in [5.74, 6) is 0.106. The van der Waals surface area contributed by atoms with Crippen LogP contribution in [0.25, 0.3) is 0 Å². The Bertz CT molecular complexity index is 1070. The van der Waals surface area contributed by atoms with E-state index in [1.165, 1.54) is 4.31 Å². The summed E-state index contributed by atoms with van der Waals surface area (Å²) in [4.78, 5) is 8.44. The van der Waals surface area contributed by atoms with E-state index >= 15 is 0 Å². The molecule has 0 spiro atoms. The number of halogens is 1. The largest absolute Gasteiger partial charge is 0.303 e. The molecule has 1 aromatic heterocycles. The number of guanidine groups is 1. The smallest absolute Gasteiger partial charge is 0.264 e. The maximum Gasteiger partial charge on any atom is 0.303 e. The average Bonchev–Trinajstić information content (AvgIpc) is 3.24. The number of benzene rings is 1. The number of aliphatic imine (C=N–C) groups is 1. The highest BCUT2D eigenvalue weighted by molar-refractivity contribution is 7.87. The molecule has 0 aliphatic carbocycles. The second-order valence-corrected chi connectivity index (χ2v) is 9.63. The first-order valence-corrected chi connectivity index (χ1v) is 12.1. The zero-order valence-corrected chi connectivity index (χ0v) is 18.8. The van der Waals surface area contributed by atoms with E-state index in [0.717, 1.165) is 36.1 Å². The molecule has 31 heavy (non-hydrogen) atoms. The molecule has 164 valence electrons. The van der Waals surface area contributed by atoms with Crippen LogP contribution in [-0.2, 0) is 10.2 Å². The molecule has 8 nitrogen and oxygen atoms in total. The molecule has 1 unspecified atom stereocenters. The molecular weight excluding hydrogens is 436 g/mol. The molecule has 1 N–H and O–H groups in total. The van der Waals surface area contributed by atoms with Crippen LogP contribution in [0.15, 0.2) is 58.9 Å². The normalized spacial score (nSPS) is 20.6. The molecule has 2 aliphatic rings. The van der Waals surface area contributed by atoms with Crippen LogP contribution in [0.1, 0.15) is 36.3 Å². The molecule has 3 heterocycles. The second kappa shape index (κ2) is 9.33. The van der Waals surface area contributed by atoms with E-state index in [-0.39, 0.29) is 11.9 Å². The maximum absolute atomic E-state index is 12.9. The number of nitrogens with one attached hydrogen (secondary N) is 1. The summed E-state index contributed by atoms with van der Waals surface area (Å²) < 4.78 is 29.9. The van der Waals surface area contributed by atoms with Gasteiger partial charge in [-0.15, -0.1) is 0 Å². The fraction of sp³-hybridized carbons (Fsp3) is 0.381. The van der Waals surface area contributed by atoms with Gasteiger partial charge in [0.2, 0.25) is 5.96 Å². The zero-order chi connectivity index (χ0) is 21.8. The van der Waals surface area contributed by atoms with Crippen molar-refractivity contribution in [2.24, 2.45) is 10.1 Å². The van der Waals surface area contributed by atoms with E-state index in [9.17, 15) is 8.42 Å². The van der Waals surface area contributed by atoms with E-state index in [1.807, 2.05) is 36.4 Å². The van der Waals surface area contributed by atoms with Crippen molar-refractivity contribution in [2.45, 2.75) is 25.2 Å². The number of aromatic nitrogens is 1. The molecule has 1 fully saturated rings. The molecule has 0 radical (unpaired) electrons. The Hall–Kier alpha value is -2.49. The highest BCUT2D eigenvalue weighted by atomic mass is 35.5. The van der Waals surface area contributed by atoms with E-state index in [0.29, 0.717) is 24.7 Å². The quantitative estimate of drug-likeness (QED) is 0.561. The Morgan fingerprint density at radius 1 is 1.16 bits per heavy atom. The highest BCUT2D eigenvalue weighted by Gasteiger charge is 2.34. The number of nitrogens with zero attached hydrogens (tertiary/aromatic N) is 5. The third-order valence-corrected chi connectivity index (χ3v) is 7.21. The monoisotopic (exact) mass is 460 g/mol. The van der Waals surface area contributed by atoms with Gasteiger partial charge in [0, 0.05) is 43.5 Å². The van der Waals surface area contributed by atoms with Crippen LogP contribution in [-0.4, -0.2) is 61.1 Å². The number of hydrogen-bond acceptors (Lipinski definition) is 5. The van der Waals surface area contributed by atoms with Crippen molar-refractivity contribution in [1.29, 1.82) is 0 Å². The molecule has 1 aromatic carbocycles. The van der Waals surface area contributed by atoms with Gasteiger partial charge in [0.1, 0.15) is 0 Å². The molecule has 2 aromatic rings. The lowest BCUT2D eigenvalue weighted by Crippen LogP contribution is -2.49. The van der Waals surface area contributed by atoms with Crippen LogP contribution < -0.4 is 4.72 Å². The summed E-state index contributed by atoms with van der Waals surface area (Å²) in [5, 5.41) is 7.00. The zero-order valence-electron chi connectivity index (χ0n) is 17.3. The van der Waals surface area contributed by atoms with Crippen molar-refractivity contribution in [3.8, 4) is 0 Å². The van der Waals surface area contributed by atoms with Crippen LogP contribution in [0.3, 0.4) is 0 Å². The molecule has 1 saturated heterocycles. The predicted molar refractivity (Wildman–Crippen MR) is 123 cm³/mol. The minimum absolute atomic E-state index is 0.0916. The Balaban J connectivity index is 1.63. The van der Waals surface area contributed by atoms with Gasteiger partial charge in [-0.1, -0.05) is 36.2 Å².